The molecule has 0 saturated heterocycles. The molecule has 0 amide bonds. The third-order valence-electron chi connectivity index (χ3n) is 3.39. The number of para-hydroxylation sites is 1. The Bertz CT molecular complexity index is 728. The average molecular weight is 331 g/mol. The first-order valence-electron chi connectivity index (χ1n) is 6.55. The van der Waals surface area contributed by atoms with E-state index in [1.807, 2.05) is 36.4 Å². The average Bonchev–Trinajstić information content (AvgIpc) is 2.87. The van der Waals surface area contributed by atoms with Gasteiger partial charge < -0.3 is 9.52 Å². The van der Waals surface area contributed by atoms with Crippen molar-refractivity contribution in [1.82, 2.24) is 0 Å². The summed E-state index contributed by atoms with van der Waals surface area (Å²) < 4.78 is 6.67. The molecular weight excluding hydrogens is 316 g/mol. The highest BCUT2D eigenvalue weighted by Gasteiger charge is 2.15. The number of furan rings is 1. The van der Waals surface area contributed by atoms with Crippen LogP contribution in [-0.2, 0) is 6.42 Å². The van der Waals surface area contributed by atoms with Gasteiger partial charge in [-0.15, -0.1) is 0 Å². The molecule has 102 valence electrons. The van der Waals surface area contributed by atoms with Crippen molar-refractivity contribution < 1.29 is 9.52 Å². The summed E-state index contributed by atoms with van der Waals surface area (Å²) in [4.78, 5) is 0. The maximum absolute atomic E-state index is 10.3. The summed E-state index contributed by atoms with van der Waals surface area (Å²) in [6.45, 7) is 2.05. The first-order chi connectivity index (χ1) is 9.63. The molecule has 3 heteroatoms. The normalized spacial score (nSPS) is 12.8. The molecule has 2 nitrogen and oxygen atoms in total. The van der Waals surface area contributed by atoms with Crippen molar-refractivity contribution in [3.05, 3.63) is 69.9 Å². The molecule has 1 heterocycles. The number of fused-ring (bicyclic) bond motifs is 1. The van der Waals surface area contributed by atoms with Gasteiger partial charge in [-0.25, -0.2) is 0 Å². The van der Waals surface area contributed by atoms with Crippen molar-refractivity contribution in [1.29, 1.82) is 0 Å². The van der Waals surface area contributed by atoms with E-state index in [2.05, 4.69) is 35.0 Å². The van der Waals surface area contributed by atoms with Gasteiger partial charge in [0.1, 0.15) is 17.4 Å². The quantitative estimate of drug-likeness (QED) is 0.749. The number of benzene rings is 2. The van der Waals surface area contributed by atoms with Crippen LogP contribution in [0.4, 0.5) is 0 Å². The van der Waals surface area contributed by atoms with E-state index in [-0.39, 0.29) is 0 Å². The molecule has 3 aromatic rings. The van der Waals surface area contributed by atoms with Gasteiger partial charge in [0, 0.05) is 11.8 Å². The van der Waals surface area contributed by atoms with Crippen LogP contribution in [0.1, 0.15) is 23.0 Å². The Morgan fingerprint density at radius 3 is 2.60 bits per heavy atom. The number of hydrogen-bond acceptors (Lipinski definition) is 2. The standard InChI is InChI=1S/C17H15BrO2/c1-11-5-7-12(8-6-11)9-15(19)16-10-13-3-2-4-14(18)17(13)20-16/h2-8,10,15,19H,9H2,1H3. The molecule has 1 unspecified atom stereocenters. The van der Waals surface area contributed by atoms with Crippen molar-refractivity contribution in [2.75, 3.05) is 0 Å². The highest BCUT2D eigenvalue weighted by atomic mass is 79.9. The van der Waals surface area contributed by atoms with Gasteiger partial charge in [-0.3, -0.25) is 0 Å². The molecule has 2 aromatic carbocycles. The number of aliphatic hydroxyl groups excluding tert-OH is 1. The minimum Gasteiger partial charge on any atom is -0.457 e. The SMILES string of the molecule is Cc1ccc(CC(O)c2cc3cccc(Br)c3o2)cc1. The van der Waals surface area contributed by atoms with Crippen LogP contribution >= 0.6 is 15.9 Å². The summed E-state index contributed by atoms with van der Waals surface area (Å²) in [5, 5.41) is 11.3. The van der Waals surface area contributed by atoms with Gasteiger partial charge in [0.15, 0.2) is 0 Å². The van der Waals surface area contributed by atoms with Crippen molar-refractivity contribution in [3.8, 4) is 0 Å². The van der Waals surface area contributed by atoms with Crippen molar-refractivity contribution in [2.24, 2.45) is 0 Å². The Kier molecular flexibility index (Phi) is 3.64. The van der Waals surface area contributed by atoms with Crippen LogP contribution in [0.5, 0.6) is 0 Å². The fraction of sp³-hybridized carbons (Fsp3) is 0.176. The topological polar surface area (TPSA) is 33.4 Å². The Balaban J connectivity index is 1.86. The Hall–Kier alpha value is -1.58. The van der Waals surface area contributed by atoms with Gasteiger partial charge in [0.2, 0.25) is 0 Å². The van der Waals surface area contributed by atoms with Crippen LogP contribution < -0.4 is 0 Å². The van der Waals surface area contributed by atoms with Crippen LogP contribution in [-0.4, -0.2) is 5.11 Å². The minimum atomic E-state index is -0.628. The summed E-state index contributed by atoms with van der Waals surface area (Å²) in [5.41, 5.74) is 3.10. The van der Waals surface area contributed by atoms with E-state index in [0.29, 0.717) is 12.2 Å². The molecule has 0 aliphatic heterocycles. The largest absolute Gasteiger partial charge is 0.457 e. The maximum Gasteiger partial charge on any atom is 0.148 e. The van der Waals surface area contributed by atoms with Gasteiger partial charge in [0.25, 0.3) is 0 Å². The molecule has 1 N–H and O–H groups in total. The lowest BCUT2D eigenvalue weighted by atomic mass is 10.0. The second-order valence-electron chi connectivity index (χ2n) is 5.01. The zero-order valence-electron chi connectivity index (χ0n) is 11.1. The van der Waals surface area contributed by atoms with Crippen LogP contribution in [0.25, 0.3) is 11.0 Å². The fourth-order valence-electron chi connectivity index (χ4n) is 2.26. The van der Waals surface area contributed by atoms with Crippen molar-refractivity contribution >= 4 is 26.9 Å². The van der Waals surface area contributed by atoms with Gasteiger partial charge in [-0.2, -0.15) is 0 Å². The molecule has 0 radical (unpaired) electrons. The number of halogens is 1. The molecular formula is C17H15BrO2. The first kappa shape index (κ1) is 13.4. The monoisotopic (exact) mass is 330 g/mol. The third-order valence-corrected chi connectivity index (χ3v) is 4.02. The lowest BCUT2D eigenvalue weighted by molar-refractivity contribution is 0.152. The van der Waals surface area contributed by atoms with E-state index >= 15 is 0 Å². The summed E-state index contributed by atoms with van der Waals surface area (Å²) >= 11 is 3.46. The Morgan fingerprint density at radius 1 is 1.15 bits per heavy atom. The lowest BCUT2D eigenvalue weighted by Gasteiger charge is -2.07. The predicted molar refractivity (Wildman–Crippen MR) is 83.8 cm³/mol. The number of aryl methyl sites for hydroxylation is 1. The van der Waals surface area contributed by atoms with Gasteiger partial charge >= 0.3 is 0 Å². The Labute approximate surface area is 126 Å². The van der Waals surface area contributed by atoms with E-state index in [1.54, 1.807) is 0 Å². The van der Waals surface area contributed by atoms with E-state index in [9.17, 15) is 5.11 Å². The minimum absolute atomic E-state index is 0.553. The van der Waals surface area contributed by atoms with Crippen molar-refractivity contribution in [3.63, 3.8) is 0 Å². The summed E-state index contributed by atoms with van der Waals surface area (Å²) in [7, 11) is 0. The zero-order chi connectivity index (χ0) is 14.1. The first-order valence-corrected chi connectivity index (χ1v) is 7.34. The summed E-state index contributed by atoms with van der Waals surface area (Å²) in [6.07, 6.45) is -0.0745. The molecule has 0 fully saturated rings. The molecule has 0 aliphatic rings. The van der Waals surface area contributed by atoms with E-state index in [1.165, 1.54) is 5.56 Å². The molecule has 1 atom stereocenters. The third kappa shape index (κ3) is 2.65. The molecule has 0 aliphatic carbocycles. The highest BCUT2D eigenvalue weighted by molar-refractivity contribution is 9.10. The van der Waals surface area contributed by atoms with E-state index in [0.717, 1.165) is 21.0 Å². The highest BCUT2D eigenvalue weighted by Crippen LogP contribution is 2.30. The van der Waals surface area contributed by atoms with Gasteiger partial charge in [-0.1, -0.05) is 42.0 Å². The van der Waals surface area contributed by atoms with E-state index < -0.39 is 6.10 Å². The number of hydrogen-bond donors (Lipinski definition) is 1. The molecule has 0 saturated carbocycles. The predicted octanol–water partition coefficient (Wildman–Crippen LogP) is 4.78. The van der Waals surface area contributed by atoms with Crippen LogP contribution in [0.3, 0.4) is 0 Å². The number of rotatable bonds is 3. The maximum atomic E-state index is 10.3. The van der Waals surface area contributed by atoms with Crippen LogP contribution in [0.2, 0.25) is 0 Å². The van der Waals surface area contributed by atoms with Gasteiger partial charge in [-0.05, 0) is 40.5 Å². The number of aliphatic hydroxyl groups is 1. The molecule has 1 aromatic heterocycles. The zero-order valence-corrected chi connectivity index (χ0v) is 12.7. The van der Waals surface area contributed by atoms with E-state index in [4.69, 9.17) is 4.42 Å². The fourth-order valence-corrected chi connectivity index (χ4v) is 2.72. The molecule has 20 heavy (non-hydrogen) atoms. The second-order valence-corrected chi connectivity index (χ2v) is 5.87. The Morgan fingerprint density at radius 2 is 1.90 bits per heavy atom. The second kappa shape index (κ2) is 5.43. The van der Waals surface area contributed by atoms with Crippen LogP contribution in [0.15, 0.2) is 57.4 Å². The smallest absolute Gasteiger partial charge is 0.148 e. The lowest BCUT2D eigenvalue weighted by Crippen LogP contribution is -2.00. The summed E-state index contributed by atoms with van der Waals surface area (Å²) in [5.74, 6) is 0.604. The molecule has 3 rings (SSSR count). The molecule has 0 bridgehead atoms. The van der Waals surface area contributed by atoms with Gasteiger partial charge in [0.05, 0.1) is 4.47 Å². The van der Waals surface area contributed by atoms with Crippen molar-refractivity contribution in [2.45, 2.75) is 19.4 Å². The van der Waals surface area contributed by atoms with Crippen LogP contribution in [0, 0.1) is 6.92 Å². The summed E-state index contributed by atoms with van der Waals surface area (Å²) in [6, 6.07) is 16.0. The molecule has 0 spiro atoms.